The molecule has 3 heterocycles. The second-order valence-electron chi connectivity index (χ2n) is 10.8. The second-order valence-corrected chi connectivity index (χ2v) is 11.2. The average molecular weight is 513 g/mol. The van der Waals surface area contributed by atoms with Crippen LogP contribution in [-0.2, 0) is 4.79 Å². The van der Waals surface area contributed by atoms with Gasteiger partial charge in [0.25, 0.3) is 0 Å². The first-order valence-corrected chi connectivity index (χ1v) is 13.5. The van der Waals surface area contributed by atoms with Crippen molar-refractivity contribution in [2.45, 2.75) is 57.2 Å². The number of halogens is 1. The summed E-state index contributed by atoms with van der Waals surface area (Å²) in [6.45, 7) is 11.8. The fraction of sp³-hybridized carbons (Fsp3) is 0.593. The smallest absolute Gasteiger partial charge is 0.231 e. The van der Waals surface area contributed by atoms with Crippen LogP contribution in [0.4, 0.5) is 5.82 Å². The first kappa shape index (κ1) is 25.4. The molecule has 8 nitrogen and oxygen atoms in total. The monoisotopic (exact) mass is 512 g/mol. The van der Waals surface area contributed by atoms with Gasteiger partial charge in [-0.1, -0.05) is 30.7 Å². The molecule has 2 N–H and O–H groups in total. The Balaban J connectivity index is 1.31. The number of benzene rings is 1. The van der Waals surface area contributed by atoms with E-state index in [2.05, 4.69) is 45.9 Å². The molecule has 0 radical (unpaired) electrons. The van der Waals surface area contributed by atoms with E-state index in [4.69, 9.17) is 11.6 Å². The number of aliphatic hydroxyl groups excluding tert-OH is 1. The van der Waals surface area contributed by atoms with E-state index < -0.39 is 6.10 Å². The minimum absolute atomic E-state index is 0.174. The Morgan fingerprint density at radius 2 is 1.75 bits per heavy atom. The van der Waals surface area contributed by atoms with Gasteiger partial charge in [0, 0.05) is 68.5 Å². The SMILES string of the molecule is C[C@@H]1CN(C[C@@H](C(=O)N2CCN(c3ncnc4c3[C@H](C)C[C@H]4O)CC2)c2ccc(Cl)cc2)C[C@H](C)N1. The molecule has 1 aliphatic carbocycles. The Morgan fingerprint density at radius 3 is 2.42 bits per heavy atom. The van der Waals surface area contributed by atoms with Crippen molar-refractivity contribution in [3.63, 3.8) is 0 Å². The van der Waals surface area contributed by atoms with Gasteiger partial charge in [0.05, 0.1) is 17.7 Å². The second kappa shape index (κ2) is 10.6. The zero-order valence-corrected chi connectivity index (χ0v) is 22.2. The van der Waals surface area contributed by atoms with E-state index in [1.54, 1.807) is 6.33 Å². The topological polar surface area (TPSA) is 84.8 Å². The highest BCUT2D eigenvalue weighted by Crippen LogP contribution is 2.42. The largest absolute Gasteiger partial charge is 0.387 e. The molecule has 0 bridgehead atoms. The van der Waals surface area contributed by atoms with E-state index >= 15 is 0 Å². The summed E-state index contributed by atoms with van der Waals surface area (Å²) in [6, 6.07) is 8.54. The molecule has 0 unspecified atom stereocenters. The molecule has 0 saturated carbocycles. The summed E-state index contributed by atoms with van der Waals surface area (Å²) in [5.74, 6) is 1.08. The van der Waals surface area contributed by atoms with Crippen molar-refractivity contribution in [3.8, 4) is 0 Å². The van der Waals surface area contributed by atoms with Crippen molar-refractivity contribution in [1.82, 2.24) is 25.1 Å². The van der Waals surface area contributed by atoms with Gasteiger partial charge in [-0.2, -0.15) is 0 Å². The number of fused-ring (bicyclic) bond motifs is 1. The molecule has 3 aliphatic rings. The van der Waals surface area contributed by atoms with Gasteiger partial charge < -0.3 is 20.2 Å². The Bertz CT molecular complexity index is 1060. The van der Waals surface area contributed by atoms with E-state index in [0.717, 1.165) is 35.7 Å². The quantitative estimate of drug-likeness (QED) is 0.637. The Labute approximate surface area is 218 Å². The molecule has 5 rings (SSSR count). The zero-order valence-electron chi connectivity index (χ0n) is 21.4. The maximum absolute atomic E-state index is 13.9. The predicted octanol–water partition coefficient (Wildman–Crippen LogP) is 2.79. The summed E-state index contributed by atoms with van der Waals surface area (Å²) < 4.78 is 0. The van der Waals surface area contributed by atoms with Crippen molar-refractivity contribution < 1.29 is 9.90 Å². The number of carbonyl (C=O) groups is 1. The van der Waals surface area contributed by atoms with E-state index in [1.165, 1.54) is 0 Å². The van der Waals surface area contributed by atoms with Gasteiger partial charge in [0.1, 0.15) is 12.1 Å². The normalized spacial score (nSPS) is 27.7. The highest BCUT2D eigenvalue weighted by molar-refractivity contribution is 6.30. The summed E-state index contributed by atoms with van der Waals surface area (Å²) in [5.41, 5.74) is 2.83. The van der Waals surface area contributed by atoms with Crippen LogP contribution in [0.2, 0.25) is 5.02 Å². The molecule has 2 aromatic rings. The van der Waals surface area contributed by atoms with E-state index in [9.17, 15) is 9.90 Å². The average Bonchev–Trinajstić information content (AvgIpc) is 3.16. The van der Waals surface area contributed by atoms with Crippen LogP contribution in [0, 0.1) is 0 Å². The summed E-state index contributed by atoms with van der Waals surface area (Å²) in [4.78, 5) is 29.5. The minimum Gasteiger partial charge on any atom is -0.387 e. The number of piperazine rings is 2. The number of hydrogen-bond acceptors (Lipinski definition) is 7. The molecule has 194 valence electrons. The maximum Gasteiger partial charge on any atom is 0.231 e. The van der Waals surface area contributed by atoms with Crippen LogP contribution < -0.4 is 10.2 Å². The molecular weight excluding hydrogens is 476 g/mol. The van der Waals surface area contributed by atoms with Gasteiger partial charge >= 0.3 is 0 Å². The van der Waals surface area contributed by atoms with Crippen LogP contribution in [0.15, 0.2) is 30.6 Å². The predicted molar refractivity (Wildman–Crippen MR) is 142 cm³/mol. The lowest BCUT2D eigenvalue weighted by atomic mass is 9.95. The lowest BCUT2D eigenvalue weighted by Gasteiger charge is -2.40. The maximum atomic E-state index is 13.9. The highest BCUT2D eigenvalue weighted by atomic mass is 35.5. The fourth-order valence-electron chi connectivity index (χ4n) is 6.18. The molecule has 36 heavy (non-hydrogen) atoms. The molecule has 2 fully saturated rings. The van der Waals surface area contributed by atoms with Crippen LogP contribution in [0.3, 0.4) is 0 Å². The molecule has 2 aliphatic heterocycles. The van der Waals surface area contributed by atoms with E-state index in [-0.39, 0.29) is 17.7 Å². The standard InChI is InChI=1S/C27H37ClN6O2/c1-17-12-23(35)25-24(17)26(30-16-29-25)33-8-10-34(11-9-33)27(36)22(20-4-6-21(28)7-5-20)15-32-13-18(2)31-19(3)14-32/h4-7,16-19,22-23,31,35H,8-15H2,1-3H3/t17-,18-,19+,22-,23-/m1/s1. The third-order valence-corrected chi connectivity index (χ3v) is 8.07. The van der Waals surface area contributed by atoms with Gasteiger partial charge in [0.15, 0.2) is 0 Å². The first-order valence-electron chi connectivity index (χ1n) is 13.1. The summed E-state index contributed by atoms with van der Waals surface area (Å²) >= 11 is 6.16. The van der Waals surface area contributed by atoms with Crippen molar-refractivity contribution in [2.24, 2.45) is 0 Å². The van der Waals surface area contributed by atoms with Crippen LogP contribution in [0.5, 0.6) is 0 Å². The van der Waals surface area contributed by atoms with Crippen molar-refractivity contribution >= 4 is 23.3 Å². The van der Waals surface area contributed by atoms with E-state index in [0.29, 0.717) is 56.3 Å². The number of anilines is 1. The van der Waals surface area contributed by atoms with Crippen LogP contribution in [0.1, 0.15) is 62.0 Å². The van der Waals surface area contributed by atoms with E-state index in [1.807, 2.05) is 29.2 Å². The van der Waals surface area contributed by atoms with Crippen molar-refractivity contribution in [2.75, 3.05) is 50.7 Å². The lowest BCUT2D eigenvalue weighted by molar-refractivity contribution is -0.133. The van der Waals surface area contributed by atoms with Gasteiger partial charge in [-0.05, 0) is 43.9 Å². The summed E-state index contributed by atoms with van der Waals surface area (Å²) in [6.07, 6.45) is 1.72. The molecule has 1 aromatic carbocycles. The fourth-order valence-corrected chi connectivity index (χ4v) is 6.31. The van der Waals surface area contributed by atoms with Gasteiger partial charge in [0.2, 0.25) is 5.91 Å². The lowest BCUT2D eigenvalue weighted by Crippen LogP contribution is -2.56. The van der Waals surface area contributed by atoms with Crippen LogP contribution in [-0.4, -0.2) is 88.7 Å². The number of nitrogens with zero attached hydrogens (tertiary/aromatic N) is 5. The number of aliphatic hydroxyl groups is 1. The number of rotatable bonds is 5. The molecule has 5 atom stereocenters. The zero-order chi connectivity index (χ0) is 25.4. The molecular formula is C27H37ClN6O2. The number of aromatic nitrogens is 2. The third kappa shape index (κ3) is 5.23. The molecule has 2 saturated heterocycles. The molecule has 9 heteroatoms. The third-order valence-electron chi connectivity index (χ3n) is 7.81. The highest BCUT2D eigenvalue weighted by Gasteiger charge is 2.36. The molecule has 1 amide bonds. The number of carbonyl (C=O) groups excluding carboxylic acids is 1. The van der Waals surface area contributed by atoms with Crippen LogP contribution in [0.25, 0.3) is 0 Å². The Hall–Kier alpha value is -2.26. The minimum atomic E-state index is -0.518. The number of amides is 1. The number of nitrogens with one attached hydrogen (secondary N) is 1. The van der Waals surface area contributed by atoms with Crippen molar-refractivity contribution in [1.29, 1.82) is 0 Å². The van der Waals surface area contributed by atoms with Gasteiger partial charge in [-0.3, -0.25) is 9.69 Å². The van der Waals surface area contributed by atoms with Crippen LogP contribution >= 0.6 is 11.6 Å². The molecule has 1 aromatic heterocycles. The Kier molecular flexibility index (Phi) is 7.49. The summed E-state index contributed by atoms with van der Waals surface area (Å²) in [5, 5.41) is 14.6. The number of hydrogen-bond donors (Lipinski definition) is 2. The van der Waals surface area contributed by atoms with Gasteiger partial charge in [-0.15, -0.1) is 0 Å². The summed E-state index contributed by atoms with van der Waals surface area (Å²) in [7, 11) is 0. The Morgan fingerprint density at radius 1 is 1.08 bits per heavy atom. The van der Waals surface area contributed by atoms with Gasteiger partial charge in [-0.25, -0.2) is 9.97 Å². The van der Waals surface area contributed by atoms with Crippen molar-refractivity contribution in [3.05, 3.63) is 52.4 Å². The molecule has 0 spiro atoms. The first-order chi connectivity index (χ1) is 17.3.